The molecule has 0 amide bonds. The lowest BCUT2D eigenvalue weighted by Gasteiger charge is -2.28. The summed E-state index contributed by atoms with van der Waals surface area (Å²) in [6.45, 7) is 6.02. The number of pyridine rings is 1. The van der Waals surface area contributed by atoms with Gasteiger partial charge < -0.3 is 14.2 Å². The molecule has 2 aliphatic rings. The molecule has 1 aromatic carbocycles. The Balaban J connectivity index is 1.45. The van der Waals surface area contributed by atoms with Crippen molar-refractivity contribution in [3.05, 3.63) is 71.4 Å². The van der Waals surface area contributed by atoms with Gasteiger partial charge in [0.25, 0.3) is 0 Å². The summed E-state index contributed by atoms with van der Waals surface area (Å²) in [5.74, 6) is 2.94. The van der Waals surface area contributed by atoms with Crippen LogP contribution in [-0.2, 0) is 19.6 Å². The van der Waals surface area contributed by atoms with Crippen molar-refractivity contribution in [3.8, 4) is 5.75 Å². The topological polar surface area (TPSA) is 55.5 Å². The molecule has 0 bridgehead atoms. The van der Waals surface area contributed by atoms with Gasteiger partial charge in [0.15, 0.2) is 0 Å². The van der Waals surface area contributed by atoms with Crippen LogP contribution in [0.1, 0.15) is 29.4 Å². The van der Waals surface area contributed by atoms with Gasteiger partial charge in [0.05, 0.1) is 25.4 Å². The van der Waals surface area contributed by atoms with Crippen LogP contribution in [0.3, 0.4) is 0 Å². The van der Waals surface area contributed by atoms with Gasteiger partial charge in [-0.25, -0.2) is 9.97 Å². The van der Waals surface area contributed by atoms with Crippen LogP contribution in [0.15, 0.2) is 53.9 Å². The Morgan fingerprint density at radius 3 is 2.96 bits per heavy atom. The van der Waals surface area contributed by atoms with E-state index in [9.17, 15) is 0 Å². The van der Waals surface area contributed by atoms with Crippen molar-refractivity contribution in [2.24, 2.45) is 4.99 Å². The Kier molecular flexibility index (Phi) is 3.89. The third-order valence-electron chi connectivity index (χ3n) is 5.14. The number of anilines is 1. The molecule has 0 atom stereocenters. The maximum absolute atomic E-state index is 5.68. The SMILES string of the molecule is CCOc1ccc2c(c1)C(c1ccnc(N3CCn4ccnc4C3)c1)=NC2. The zero-order chi connectivity index (χ0) is 18.2. The average molecular weight is 359 g/mol. The molecule has 0 aliphatic carbocycles. The van der Waals surface area contributed by atoms with Crippen molar-refractivity contribution < 1.29 is 4.74 Å². The van der Waals surface area contributed by atoms with Gasteiger partial charge in [0.2, 0.25) is 0 Å². The highest BCUT2D eigenvalue weighted by Gasteiger charge is 2.21. The number of ether oxygens (including phenoxy) is 1. The van der Waals surface area contributed by atoms with Crippen molar-refractivity contribution >= 4 is 11.5 Å². The second kappa shape index (κ2) is 6.54. The van der Waals surface area contributed by atoms with Crippen molar-refractivity contribution in [2.75, 3.05) is 18.1 Å². The van der Waals surface area contributed by atoms with Gasteiger partial charge >= 0.3 is 0 Å². The van der Waals surface area contributed by atoms with Gasteiger partial charge in [-0.1, -0.05) is 6.07 Å². The molecule has 0 spiro atoms. The first-order chi connectivity index (χ1) is 13.3. The van der Waals surface area contributed by atoms with E-state index in [4.69, 9.17) is 9.73 Å². The van der Waals surface area contributed by atoms with Gasteiger partial charge in [-0.3, -0.25) is 4.99 Å². The zero-order valence-electron chi connectivity index (χ0n) is 15.3. The quantitative estimate of drug-likeness (QED) is 0.718. The maximum atomic E-state index is 5.68. The Hall–Kier alpha value is -3.15. The number of hydrogen-bond donors (Lipinski definition) is 0. The number of benzene rings is 1. The molecule has 0 unspecified atom stereocenters. The molecule has 27 heavy (non-hydrogen) atoms. The largest absolute Gasteiger partial charge is 0.494 e. The summed E-state index contributed by atoms with van der Waals surface area (Å²) in [6, 6.07) is 10.4. The predicted molar refractivity (Wildman–Crippen MR) is 104 cm³/mol. The Morgan fingerprint density at radius 2 is 2.04 bits per heavy atom. The second-order valence-electron chi connectivity index (χ2n) is 6.78. The highest BCUT2D eigenvalue weighted by Crippen LogP contribution is 2.28. The Bertz CT molecular complexity index is 1020. The van der Waals surface area contributed by atoms with Gasteiger partial charge in [-0.05, 0) is 36.8 Å². The maximum Gasteiger partial charge on any atom is 0.129 e. The normalized spacial score (nSPS) is 15.3. The second-order valence-corrected chi connectivity index (χ2v) is 6.78. The highest BCUT2D eigenvalue weighted by molar-refractivity contribution is 6.15. The number of rotatable bonds is 4. The third kappa shape index (κ3) is 2.87. The van der Waals surface area contributed by atoms with Gasteiger partial charge in [0.1, 0.15) is 17.4 Å². The van der Waals surface area contributed by atoms with Gasteiger partial charge in [0, 0.05) is 42.8 Å². The molecule has 0 N–H and O–H groups in total. The van der Waals surface area contributed by atoms with Crippen molar-refractivity contribution in [3.63, 3.8) is 0 Å². The number of aliphatic imine (C=N–C) groups is 1. The summed E-state index contributed by atoms with van der Waals surface area (Å²) in [5, 5.41) is 0. The molecule has 6 nitrogen and oxygen atoms in total. The van der Waals surface area contributed by atoms with E-state index in [0.29, 0.717) is 6.61 Å². The number of aromatic nitrogens is 3. The minimum Gasteiger partial charge on any atom is -0.494 e. The molecular formula is C21H21N5O. The zero-order valence-corrected chi connectivity index (χ0v) is 15.3. The van der Waals surface area contributed by atoms with Crippen LogP contribution in [0.5, 0.6) is 5.75 Å². The summed E-state index contributed by atoms with van der Waals surface area (Å²) in [6.07, 6.45) is 5.78. The van der Waals surface area contributed by atoms with E-state index in [1.807, 2.05) is 37.6 Å². The first kappa shape index (κ1) is 16.1. The van der Waals surface area contributed by atoms with Crippen molar-refractivity contribution in [1.82, 2.24) is 14.5 Å². The van der Waals surface area contributed by atoms with Gasteiger partial charge in [-0.2, -0.15) is 0 Å². The summed E-state index contributed by atoms with van der Waals surface area (Å²) >= 11 is 0. The smallest absolute Gasteiger partial charge is 0.129 e. The fraction of sp³-hybridized carbons (Fsp3) is 0.286. The molecule has 0 saturated heterocycles. The van der Waals surface area contributed by atoms with Crippen LogP contribution in [-0.4, -0.2) is 33.4 Å². The minimum absolute atomic E-state index is 0.662. The number of hydrogen-bond acceptors (Lipinski definition) is 5. The molecule has 2 aliphatic heterocycles. The summed E-state index contributed by atoms with van der Waals surface area (Å²) in [7, 11) is 0. The molecule has 0 saturated carbocycles. The van der Waals surface area contributed by atoms with Crippen LogP contribution in [0.4, 0.5) is 5.82 Å². The summed E-state index contributed by atoms with van der Waals surface area (Å²) in [4.78, 5) is 16.1. The fourth-order valence-corrected chi connectivity index (χ4v) is 3.77. The van der Waals surface area contributed by atoms with Crippen LogP contribution in [0.25, 0.3) is 0 Å². The lowest BCUT2D eigenvalue weighted by Crippen LogP contribution is -2.34. The molecule has 2 aromatic heterocycles. The molecule has 5 rings (SSSR count). The summed E-state index contributed by atoms with van der Waals surface area (Å²) in [5.41, 5.74) is 4.52. The van der Waals surface area contributed by atoms with Crippen LogP contribution < -0.4 is 9.64 Å². The van der Waals surface area contributed by atoms with E-state index >= 15 is 0 Å². The minimum atomic E-state index is 0.662. The standard InChI is InChI=1S/C21H21N5O/c1-2-27-17-4-3-16-13-24-21(18(16)12-17)15-5-6-22-19(11-15)26-10-9-25-8-7-23-20(25)14-26/h3-8,11-12H,2,9-10,13-14H2,1H3. The van der Waals surface area contributed by atoms with E-state index < -0.39 is 0 Å². The number of fused-ring (bicyclic) bond motifs is 2. The van der Waals surface area contributed by atoms with E-state index in [1.54, 1.807) is 0 Å². The lowest BCUT2D eigenvalue weighted by molar-refractivity contribution is 0.340. The lowest BCUT2D eigenvalue weighted by atomic mass is 10.0. The van der Waals surface area contributed by atoms with E-state index in [1.165, 1.54) is 5.56 Å². The first-order valence-corrected chi connectivity index (χ1v) is 9.34. The third-order valence-corrected chi connectivity index (χ3v) is 5.14. The molecule has 0 radical (unpaired) electrons. The Labute approximate surface area is 158 Å². The summed E-state index contributed by atoms with van der Waals surface area (Å²) < 4.78 is 7.88. The molecule has 0 fully saturated rings. The van der Waals surface area contributed by atoms with E-state index in [2.05, 4.69) is 37.6 Å². The Morgan fingerprint density at radius 1 is 1.07 bits per heavy atom. The highest BCUT2D eigenvalue weighted by atomic mass is 16.5. The molecular weight excluding hydrogens is 338 g/mol. The van der Waals surface area contributed by atoms with Gasteiger partial charge in [-0.15, -0.1) is 0 Å². The van der Waals surface area contributed by atoms with E-state index in [-0.39, 0.29) is 0 Å². The first-order valence-electron chi connectivity index (χ1n) is 9.34. The van der Waals surface area contributed by atoms with E-state index in [0.717, 1.165) is 60.4 Å². The number of imidazole rings is 1. The molecule has 4 heterocycles. The predicted octanol–water partition coefficient (Wildman–Crippen LogP) is 3.05. The molecule has 136 valence electrons. The van der Waals surface area contributed by atoms with Crippen molar-refractivity contribution in [2.45, 2.75) is 26.6 Å². The van der Waals surface area contributed by atoms with Crippen molar-refractivity contribution in [1.29, 1.82) is 0 Å². The average Bonchev–Trinajstić information content (AvgIpc) is 3.34. The monoisotopic (exact) mass is 359 g/mol. The van der Waals surface area contributed by atoms with Crippen LogP contribution in [0.2, 0.25) is 0 Å². The fourth-order valence-electron chi connectivity index (χ4n) is 3.77. The van der Waals surface area contributed by atoms with Crippen LogP contribution >= 0.6 is 0 Å². The molecule has 3 aromatic rings. The molecule has 6 heteroatoms. The number of nitrogens with zero attached hydrogens (tertiary/aromatic N) is 5. The van der Waals surface area contributed by atoms with Crippen LogP contribution in [0, 0.1) is 0 Å².